The van der Waals surface area contributed by atoms with Gasteiger partial charge in [-0.2, -0.15) is 0 Å². The van der Waals surface area contributed by atoms with E-state index in [1.165, 1.54) is 25.9 Å². The third-order valence-corrected chi connectivity index (χ3v) is 3.29. The van der Waals surface area contributed by atoms with Gasteiger partial charge in [-0.25, -0.2) is 0 Å². The highest BCUT2D eigenvalue weighted by molar-refractivity contribution is 4.92. The quantitative estimate of drug-likeness (QED) is 0.636. The lowest BCUT2D eigenvalue weighted by Gasteiger charge is -2.37. The predicted molar refractivity (Wildman–Crippen MR) is 52.6 cm³/mol. The van der Waals surface area contributed by atoms with Crippen molar-refractivity contribution in [3.8, 4) is 0 Å². The molecule has 2 saturated heterocycles. The molecule has 0 saturated carbocycles. The van der Waals surface area contributed by atoms with E-state index in [0.717, 1.165) is 19.0 Å². The third kappa shape index (κ3) is 2.03. The number of fused-ring (bicyclic) bond motifs is 1. The van der Waals surface area contributed by atoms with Crippen LogP contribution in [0.2, 0.25) is 0 Å². The van der Waals surface area contributed by atoms with E-state index in [0.29, 0.717) is 6.04 Å². The van der Waals surface area contributed by atoms with Gasteiger partial charge in [-0.05, 0) is 38.8 Å². The number of β-amino-alcohol motifs (C(OH)–C–C–N with tert-alkyl or cyclic N) is 1. The predicted octanol–water partition coefficient (Wildman–Crippen LogP) is 0.0510. The zero-order valence-corrected chi connectivity index (χ0v) is 8.37. The molecule has 2 aliphatic rings. The van der Waals surface area contributed by atoms with Crippen LogP contribution in [0.4, 0.5) is 0 Å². The van der Waals surface area contributed by atoms with E-state index in [1.54, 1.807) is 0 Å². The summed E-state index contributed by atoms with van der Waals surface area (Å²) in [6, 6.07) is 0.698. The van der Waals surface area contributed by atoms with Crippen molar-refractivity contribution in [2.24, 2.45) is 5.92 Å². The fourth-order valence-corrected chi connectivity index (χ4v) is 2.73. The summed E-state index contributed by atoms with van der Waals surface area (Å²) in [5.74, 6) is 0.840. The molecule has 0 radical (unpaired) electrons. The van der Waals surface area contributed by atoms with Crippen LogP contribution in [0.3, 0.4) is 0 Å². The van der Waals surface area contributed by atoms with Crippen molar-refractivity contribution in [1.29, 1.82) is 0 Å². The SMILES string of the molecule is CC(O)CN1CCC[C@@H]2CNC[C@@H]21. The van der Waals surface area contributed by atoms with Crippen LogP contribution in [0.15, 0.2) is 0 Å². The molecule has 0 spiro atoms. The van der Waals surface area contributed by atoms with Gasteiger partial charge in [0.05, 0.1) is 6.10 Å². The number of hydrogen-bond acceptors (Lipinski definition) is 3. The minimum absolute atomic E-state index is 0.181. The molecule has 3 nitrogen and oxygen atoms in total. The van der Waals surface area contributed by atoms with Crippen LogP contribution >= 0.6 is 0 Å². The van der Waals surface area contributed by atoms with Crippen LogP contribution in [-0.4, -0.2) is 48.3 Å². The van der Waals surface area contributed by atoms with E-state index in [-0.39, 0.29) is 6.10 Å². The minimum atomic E-state index is -0.181. The maximum absolute atomic E-state index is 9.36. The highest BCUT2D eigenvalue weighted by Gasteiger charge is 2.34. The molecular formula is C10H20N2O. The molecule has 0 bridgehead atoms. The average Bonchev–Trinajstić information content (AvgIpc) is 2.51. The fourth-order valence-electron chi connectivity index (χ4n) is 2.73. The highest BCUT2D eigenvalue weighted by Crippen LogP contribution is 2.26. The number of piperidine rings is 1. The second-order valence-corrected chi connectivity index (χ2v) is 4.47. The Morgan fingerprint density at radius 3 is 3.15 bits per heavy atom. The van der Waals surface area contributed by atoms with Crippen molar-refractivity contribution >= 4 is 0 Å². The largest absolute Gasteiger partial charge is 0.392 e. The first-order valence-corrected chi connectivity index (χ1v) is 5.40. The van der Waals surface area contributed by atoms with Gasteiger partial charge in [0.2, 0.25) is 0 Å². The number of aliphatic hydroxyl groups is 1. The Morgan fingerprint density at radius 2 is 2.38 bits per heavy atom. The van der Waals surface area contributed by atoms with Crippen LogP contribution in [0, 0.1) is 5.92 Å². The van der Waals surface area contributed by atoms with Crippen LogP contribution in [-0.2, 0) is 0 Å². The molecule has 2 aliphatic heterocycles. The highest BCUT2D eigenvalue weighted by atomic mass is 16.3. The summed E-state index contributed by atoms with van der Waals surface area (Å²) in [7, 11) is 0. The molecular weight excluding hydrogens is 164 g/mol. The maximum atomic E-state index is 9.36. The molecule has 0 aromatic rings. The molecule has 13 heavy (non-hydrogen) atoms. The molecule has 2 N–H and O–H groups in total. The topological polar surface area (TPSA) is 35.5 Å². The number of hydrogen-bond donors (Lipinski definition) is 2. The summed E-state index contributed by atoms with van der Waals surface area (Å²) in [6.45, 7) is 6.21. The van der Waals surface area contributed by atoms with E-state index in [9.17, 15) is 5.11 Å². The third-order valence-electron chi connectivity index (χ3n) is 3.29. The number of nitrogens with one attached hydrogen (secondary N) is 1. The summed E-state index contributed by atoms with van der Waals surface area (Å²) in [5, 5.41) is 12.8. The smallest absolute Gasteiger partial charge is 0.0639 e. The van der Waals surface area contributed by atoms with Gasteiger partial charge in [0, 0.05) is 19.1 Å². The Kier molecular flexibility index (Phi) is 2.86. The Bertz CT molecular complexity index is 172. The summed E-state index contributed by atoms with van der Waals surface area (Å²) in [6.07, 6.45) is 2.49. The second kappa shape index (κ2) is 3.95. The summed E-state index contributed by atoms with van der Waals surface area (Å²) in [4.78, 5) is 2.46. The first kappa shape index (κ1) is 9.44. The van der Waals surface area contributed by atoms with E-state index < -0.39 is 0 Å². The molecule has 0 aliphatic carbocycles. The van der Waals surface area contributed by atoms with Crippen molar-refractivity contribution in [2.75, 3.05) is 26.2 Å². The van der Waals surface area contributed by atoms with Gasteiger partial charge in [0.15, 0.2) is 0 Å². The van der Waals surface area contributed by atoms with E-state index in [1.807, 2.05) is 6.92 Å². The summed E-state index contributed by atoms with van der Waals surface area (Å²) in [5.41, 5.74) is 0. The first-order chi connectivity index (χ1) is 6.27. The Morgan fingerprint density at radius 1 is 1.54 bits per heavy atom. The van der Waals surface area contributed by atoms with Crippen molar-refractivity contribution in [3.63, 3.8) is 0 Å². The molecule has 3 heteroatoms. The van der Waals surface area contributed by atoms with Crippen LogP contribution in [0.25, 0.3) is 0 Å². The van der Waals surface area contributed by atoms with Crippen molar-refractivity contribution < 1.29 is 5.11 Å². The summed E-state index contributed by atoms with van der Waals surface area (Å²) >= 11 is 0. The molecule has 2 rings (SSSR count). The lowest BCUT2D eigenvalue weighted by Crippen LogP contribution is -2.47. The number of aliphatic hydroxyl groups excluding tert-OH is 1. The summed E-state index contributed by atoms with van der Waals surface area (Å²) < 4.78 is 0. The Labute approximate surface area is 80.1 Å². The van der Waals surface area contributed by atoms with Gasteiger partial charge >= 0.3 is 0 Å². The van der Waals surface area contributed by atoms with E-state index in [4.69, 9.17) is 0 Å². The van der Waals surface area contributed by atoms with Gasteiger partial charge in [-0.3, -0.25) is 4.90 Å². The van der Waals surface area contributed by atoms with Gasteiger partial charge in [0.1, 0.15) is 0 Å². The standard InChI is InChI=1S/C10H20N2O/c1-8(13)7-12-4-2-3-9-5-11-6-10(9)12/h8-11,13H,2-7H2,1H3/t8?,9-,10+/m1/s1. The van der Waals surface area contributed by atoms with Crippen molar-refractivity contribution in [2.45, 2.75) is 31.9 Å². The van der Waals surface area contributed by atoms with Gasteiger partial charge < -0.3 is 10.4 Å². The fraction of sp³-hybridized carbons (Fsp3) is 1.00. The molecule has 0 aromatic heterocycles. The zero-order chi connectivity index (χ0) is 9.26. The van der Waals surface area contributed by atoms with E-state index in [2.05, 4.69) is 10.2 Å². The molecule has 2 heterocycles. The maximum Gasteiger partial charge on any atom is 0.0639 e. The van der Waals surface area contributed by atoms with E-state index >= 15 is 0 Å². The second-order valence-electron chi connectivity index (χ2n) is 4.47. The van der Waals surface area contributed by atoms with Gasteiger partial charge in [0.25, 0.3) is 0 Å². The Hall–Kier alpha value is -0.120. The van der Waals surface area contributed by atoms with Crippen molar-refractivity contribution in [1.82, 2.24) is 10.2 Å². The van der Waals surface area contributed by atoms with Gasteiger partial charge in [-0.1, -0.05) is 0 Å². The zero-order valence-electron chi connectivity index (χ0n) is 8.37. The lowest BCUT2D eigenvalue weighted by atomic mass is 9.92. The molecule has 1 unspecified atom stereocenters. The lowest BCUT2D eigenvalue weighted by molar-refractivity contribution is 0.0655. The molecule has 76 valence electrons. The van der Waals surface area contributed by atoms with Gasteiger partial charge in [-0.15, -0.1) is 0 Å². The number of likely N-dealkylation sites (tertiary alicyclic amines) is 1. The van der Waals surface area contributed by atoms with Crippen LogP contribution in [0.1, 0.15) is 19.8 Å². The Balaban J connectivity index is 1.93. The molecule has 2 fully saturated rings. The number of nitrogens with zero attached hydrogens (tertiary/aromatic N) is 1. The van der Waals surface area contributed by atoms with Crippen molar-refractivity contribution in [3.05, 3.63) is 0 Å². The monoisotopic (exact) mass is 184 g/mol. The normalized spacial score (nSPS) is 37.4. The molecule has 0 aromatic carbocycles. The minimum Gasteiger partial charge on any atom is -0.392 e. The molecule has 3 atom stereocenters. The van der Waals surface area contributed by atoms with Crippen LogP contribution in [0.5, 0.6) is 0 Å². The molecule has 0 amide bonds. The number of rotatable bonds is 2. The first-order valence-electron chi connectivity index (χ1n) is 5.40. The average molecular weight is 184 g/mol. The van der Waals surface area contributed by atoms with Crippen LogP contribution < -0.4 is 5.32 Å².